The van der Waals surface area contributed by atoms with E-state index in [1.807, 2.05) is 6.92 Å². The fourth-order valence-electron chi connectivity index (χ4n) is 15.1. The molecule has 1 spiro atoms. The van der Waals surface area contributed by atoms with Crippen molar-refractivity contribution in [3.8, 4) is 0 Å². The van der Waals surface area contributed by atoms with Crippen molar-refractivity contribution < 1.29 is 24.9 Å². The van der Waals surface area contributed by atoms with Gasteiger partial charge in [-0.2, -0.15) is 0 Å². The Balaban J connectivity index is 1.33. The highest BCUT2D eigenvalue weighted by Crippen LogP contribution is 2.84. The first-order valence-electron chi connectivity index (χ1n) is 19.9. The van der Waals surface area contributed by atoms with Crippen LogP contribution in [0.1, 0.15) is 150 Å². The number of aliphatic hydroxyl groups excluding tert-OH is 1. The molecule has 1 aromatic carbocycles. The van der Waals surface area contributed by atoms with Gasteiger partial charge < -0.3 is 20.1 Å². The molecule has 3 N–H and O–H groups in total. The molecule has 5 nitrogen and oxygen atoms in total. The van der Waals surface area contributed by atoms with Gasteiger partial charge in [0.1, 0.15) is 0 Å². The second kappa shape index (κ2) is 11.5. The largest absolute Gasteiger partial charge is 0.481 e. The predicted molar refractivity (Wildman–Crippen MR) is 190 cm³/mol. The molecule has 1 unspecified atom stereocenters. The van der Waals surface area contributed by atoms with Gasteiger partial charge in [0.25, 0.3) is 0 Å². The van der Waals surface area contributed by atoms with Gasteiger partial charge in [-0.05, 0) is 123 Å². The van der Waals surface area contributed by atoms with Crippen molar-refractivity contribution >= 4 is 5.97 Å². The summed E-state index contributed by atoms with van der Waals surface area (Å²) in [5.41, 5.74) is 0.207. The number of benzene rings is 1. The van der Waals surface area contributed by atoms with Crippen LogP contribution >= 0.6 is 0 Å². The van der Waals surface area contributed by atoms with Crippen LogP contribution in [0.3, 0.4) is 0 Å². The number of aliphatic carboxylic acids is 1. The van der Waals surface area contributed by atoms with Crippen molar-refractivity contribution in [2.24, 2.45) is 55.7 Å². The lowest BCUT2D eigenvalue weighted by Gasteiger charge is -2.78. The average molecular weight is 663 g/mol. The van der Waals surface area contributed by atoms with Gasteiger partial charge in [-0.1, -0.05) is 90.6 Å². The third kappa shape index (κ3) is 4.34. The minimum absolute atomic E-state index is 0.0461. The zero-order valence-electron chi connectivity index (χ0n) is 31.1. The highest BCUT2D eigenvalue weighted by molar-refractivity contribution is 5.74. The molecular weight excluding hydrogens is 596 g/mol. The molecule has 7 rings (SSSR count). The lowest BCUT2D eigenvalue weighted by molar-refractivity contribution is -0.311. The molecule has 1 aromatic rings. The summed E-state index contributed by atoms with van der Waals surface area (Å²) >= 11 is 0. The summed E-state index contributed by atoms with van der Waals surface area (Å²) in [5, 5.41) is 34.6. The van der Waals surface area contributed by atoms with E-state index >= 15 is 0 Å². The Morgan fingerprint density at radius 3 is 2.25 bits per heavy atom. The zero-order valence-corrected chi connectivity index (χ0v) is 31.1. The summed E-state index contributed by atoms with van der Waals surface area (Å²) in [4.78, 5) is 12.8. The molecule has 2 bridgehead atoms. The Morgan fingerprint density at radius 1 is 0.854 bits per heavy atom. The van der Waals surface area contributed by atoms with Crippen LogP contribution in [0.4, 0.5) is 0 Å². The minimum Gasteiger partial charge on any atom is -0.481 e. The Labute approximate surface area is 291 Å². The predicted octanol–water partition coefficient (Wildman–Crippen LogP) is 9.58. The summed E-state index contributed by atoms with van der Waals surface area (Å²) < 4.78 is 6.85. The molecule has 5 aliphatic carbocycles. The highest BCUT2D eigenvalue weighted by Gasteiger charge is 2.81. The van der Waals surface area contributed by atoms with E-state index in [2.05, 4.69) is 65.0 Å². The maximum Gasteiger partial charge on any atom is 0.309 e. The van der Waals surface area contributed by atoms with Crippen LogP contribution in [0.25, 0.3) is 0 Å². The molecule has 48 heavy (non-hydrogen) atoms. The van der Waals surface area contributed by atoms with Gasteiger partial charge >= 0.3 is 5.97 Å². The third-order valence-corrected chi connectivity index (χ3v) is 18.0. The first kappa shape index (κ1) is 35.0. The molecule has 1 saturated heterocycles. The first-order chi connectivity index (χ1) is 22.7. The summed E-state index contributed by atoms with van der Waals surface area (Å²) in [7, 11) is 0. The van der Waals surface area contributed by atoms with Gasteiger partial charge in [0.2, 0.25) is 0 Å². The second-order valence-electron chi connectivity index (χ2n) is 19.3. The summed E-state index contributed by atoms with van der Waals surface area (Å²) in [6.45, 7) is 14.5. The van der Waals surface area contributed by atoms with Gasteiger partial charge in [-0.3, -0.25) is 4.79 Å². The van der Waals surface area contributed by atoms with Gasteiger partial charge in [-0.25, -0.2) is 0 Å². The summed E-state index contributed by atoms with van der Waals surface area (Å²) in [6.07, 6.45) is 17.5. The lowest BCUT2D eigenvalue weighted by Crippen LogP contribution is -2.74. The molecule has 0 radical (unpaired) electrons. The number of carboxylic acid groups (broad SMARTS) is 1. The Morgan fingerprint density at radius 2 is 1.56 bits per heavy atom. The monoisotopic (exact) mass is 662 g/mol. The maximum absolute atomic E-state index is 12.8. The van der Waals surface area contributed by atoms with E-state index in [4.69, 9.17) is 4.74 Å². The third-order valence-electron chi connectivity index (χ3n) is 18.0. The number of ether oxygens (including phenoxy) is 1. The number of rotatable bonds is 9. The number of fused-ring (bicyclic) bond motifs is 7. The Hall–Kier alpha value is -1.43. The average Bonchev–Trinajstić information content (AvgIpc) is 3.18. The topological polar surface area (TPSA) is 87.0 Å². The van der Waals surface area contributed by atoms with Crippen LogP contribution in [0.2, 0.25) is 0 Å². The number of aliphatic hydroxyl groups is 2. The fourth-order valence-corrected chi connectivity index (χ4v) is 15.1. The molecule has 5 saturated carbocycles. The van der Waals surface area contributed by atoms with E-state index in [0.29, 0.717) is 18.3 Å². The highest BCUT2D eigenvalue weighted by atomic mass is 16.6. The molecule has 1 heterocycles. The first-order valence-corrected chi connectivity index (χ1v) is 19.9. The minimum atomic E-state index is -1.14. The number of carboxylic acids is 1. The van der Waals surface area contributed by atoms with E-state index in [-0.39, 0.29) is 51.1 Å². The van der Waals surface area contributed by atoms with Crippen molar-refractivity contribution in [3.63, 3.8) is 0 Å². The van der Waals surface area contributed by atoms with Crippen molar-refractivity contribution in [2.45, 2.75) is 163 Å². The Bertz CT molecular complexity index is 1380. The van der Waals surface area contributed by atoms with Gasteiger partial charge in [-0.15, -0.1) is 0 Å². The van der Waals surface area contributed by atoms with Crippen LogP contribution in [0, 0.1) is 55.7 Å². The summed E-state index contributed by atoms with van der Waals surface area (Å²) in [6, 6.07) is 10.6. The molecule has 1 aliphatic heterocycles. The van der Waals surface area contributed by atoms with Crippen molar-refractivity contribution in [1.82, 2.24) is 0 Å². The molecule has 0 aromatic heterocycles. The standard InChI is InChI=1S/C43H66O5/c1-7-8-9-13-17-40-24-23-39(6)32(38(40,5)22-21-36(3)19-20-37(4,35(45)46)28-33(36)40)16-18-42-30(2)43(47,26-25-41(39,42)29-44)48-34(42)27-31-14-11-10-12-15-31/h10-12,14-15,30,32-34,44,47H,7-9,13,16-29H2,1-6H3,(H,45,46)/t30-,32-,33?,34+,36+,37-,38-,39+,40+,41-,42-,43+/m1/s1. The van der Waals surface area contributed by atoms with E-state index in [1.54, 1.807) is 0 Å². The molecule has 0 amide bonds. The molecule has 5 heteroatoms. The maximum atomic E-state index is 12.8. The molecule has 6 fully saturated rings. The van der Waals surface area contributed by atoms with Crippen LogP contribution in [-0.2, 0) is 16.0 Å². The zero-order chi connectivity index (χ0) is 34.4. The van der Waals surface area contributed by atoms with Crippen LogP contribution in [-0.4, -0.2) is 39.8 Å². The lowest BCUT2D eigenvalue weighted by atomic mass is 9.26. The van der Waals surface area contributed by atoms with Crippen molar-refractivity contribution in [2.75, 3.05) is 6.61 Å². The van der Waals surface area contributed by atoms with E-state index in [9.17, 15) is 20.1 Å². The van der Waals surface area contributed by atoms with Crippen molar-refractivity contribution in [1.29, 1.82) is 0 Å². The quantitative estimate of drug-likeness (QED) is 0.229. The smallest absolute Gasteiger partial charge is 0.309 e. The molecule has 6 aliphatic rings. The Kier molecular flexibility index (Phi) is 8.41. The van der Waals surface area contributed by atoms with Crippen molar-refractivity contribution in [3.05, 3.63) is 35.9 Å². The number of hydrogen-bond donors (Lipinski definition) is 3. The van der Waals surface area contributed by atoms with E-state index in [1.165, 1.54) is 50.5 Å². The van der Waals surface area contributed by atoms with Gasteiger partial charge in [0.15, 0.2) is 5.79 Å². The number of carbonyl (C=O) groups is 1. The number of unbranched alkanes of at least 4 members (excludes halogenated alkanes) is 3. The fraction of sp³-hybridized carbons (Fsp3) is 0.837. The van der Waals surface area contributed by atoms with Gasteiger partial charge in [0, 0.05) is 29.8 Å². The van der Waals surface area contributed by atoms with Crippen LogP contribution in [0.5, 0.6) is 0 Å². The van der Waals surface area contributed by atoms with Crippen LogP contribution < -0.4 is 0 Å². The normalized spacial score (nSPS) is 50.9. The number of hydrogen-bond acceptors (Lipinski definition) is 4. The second-order valence-corrected chi connectivity index (χ2v) is 19.3. The molecule has 268 valence electrons. The molecule has 12 atom stereocenters. The van der Waals surface area contributed by atoms with E-state index in [0.717, 1.165) is 57.8 Å². The van der Waals surface area contributed by atoms with E-state index < -0.39 is 17.2 Å². The molecular formula is C43H66O5. The SMILES string of the molecule is CCCCCC[C@@]12CC[C@@]3(C)[C@H](CC[C@@]45[C@H](Cc6ccccc6)O[C@@](O)(CC[C@]43CO)[C@@H]5C)[C@@]1(C)CC[C@]1(C)CC[C@@](C)(C(=O)O)CC12. The van der Waals surface area contributed by atoms with Crippen LogP contribution in [0.15, 0.2) is 30.3 Å². The van der Waals surface area contributed by atoms with Gasteiger partial charge in [0.05, 0.1) is 11.5 Å². The summed E-state index contributed by atoms with van der Waals surface area (Å²) in [5.74, 6) is -0.940.